The fourth-order valence-electron chi connectivity index (χ4n) is 2.76. The molecule has 1 saturated heterocycles. The lowest BCUT2D eigenvalue weighted by Crippen LogP contribution is -2.55. The molecular formula is C12H22N2O2. The Bertz CT molecular complexity index is 271. The smallest absolute Gasteiger partial charge is 0.230 e. The maximum Gasteiger partial charge on any atom is 0.230 e. The third kappa shape index (κ3) is 1.84. The molecule has 4 nitrogen and oxygen atoms in total. The summed E-state index contributed by atoms with van der Waals surface area (Å²) in [6.07, 6.45) is 3.45. The quantitative estimate of drug-likeness (QED) is 0.714. The molecule has 0 bridgehead atoms. The first-order valence-electron chi connectivity index (χ1n) is 6.26. The van der Waals surface area contributed by atoms with Crippen molar-refractivity contribution in [1.29, 1.82) is 0 Å². The van der Waals surface area contributed by atoms with Crippen molar-refractivity contribution in [2.75, 3.05) is 19.6 Å². The number of hydrogen-bond donors (Lipinski definition) is 2. The molecule has 1 heterocycles. The van der Waals surface area contributed by atoms with E-state index in [1.165, 1.54) is 0 Å². The highest BCUT2D eigenvalue weighted by molar-refractivity contribution is 5.84. The van der Waals surface area contributed by atoms with Gasteiger partial charge in [-0.05, 0) is 25.2 Å². The fourth-order valence-corrected chi connectivity index (χ4v) is 2.76. The average molecular weight is 226 g/mol. The first-order valence-corrected chi connectivity index (χ1v) is 6.26. The van der Waals surface area contributed by atoms with E-state index in [-0.39, 0.29) is 23.3 Å². The van der Waals surface area contributed by atoms with Crippen LogP contribution in [0.3, 0.4) is 0 Å². The molecule has 2 unspecified atom stereocenters. The van der Waals surface area contributed by atoms with Crippen LogP contribution in [0.4, 0.5) is 0 Å². The molecule has 2 atom stereocenters. The Morgan fingerprint density at radius 3 is 2.69 bits per heavy atom. The molecule has 1 aliphatic carbocycles. The Morgan fingerprint density at radius 1 is 1.56 bits per heavy atom. The maximum absolute atomic E-state index is 12.3. The third-order valence-corrected chi connectivity index (χ3v) is 4.30. The van der Waals surface area contributed by atoms with Crippen molar-refractivity contribution in [3.05, 3.63) is 0 Å². The Balaban J connectivity index is 2.00. The average Bonchev–Trinajstić information content (AvgIpc) is 2.21. The zero-order chi connectivity index (χ0) is 11.8. The van der Waals surface area contributed by atoms with E-state index in [9.17, 15) is 9.90 Å². The number of piperidine rings is 1. The third-order valence-electron chi connectivity index (χ3n) is 4.30. The van der Waals surface area contributed by atoms with Gasteiger partial charge in [-0.1, -0.05) is 13.3 Å². The van der Waals surface area contributed by atoms with Gasteiger partial charge in [-0.25, -0.2) is 0 Å². The van der Waals surface area contributed by atoms with Gasteiger partial charge in [0.25, 0.3) is 0 Å². The first-order chi connectivity index (χ1) is 7.59. The van der Waals surface area contributed by atoms with Crippen LogP contribution < -0.4 is 5.73 Å². The predicted molar refractivity (Wildman–Crippen MR) is 61.7 cm³/mol. The number of likely N-dealkylation sites (tertiary alicyclic amines) is 1. The van der Waals surface area contributed by atoms with Gasteiger partial charge < -0.3 is 15.7 Å². The molecule has 2 fully saturated rings. The summed E-state index contributed by atoms with van der Waals surface area (Å²) in [6, 6.07) is 0. The van der Waals surface area contributed by atoms with Crippen LogP contribution in [0.1, 0.15) is 32.6 Å². The molecule has 0 aromatic rings. The van der Waals surface area contributed by atoms with Crippen molar-refractivity contribution in [1.82, 2.24) is 4.90 Å². The summed E-state index contributed by atoms with van der Waals surface area (Å²) in [6.45, 7) is 3.84. The van der Waals surface area contributed by atoms with E-state index in [4.69, 9.17) is 5.73 Å². The van der Waals surface area contributed by atoms with Crippen molar-refractivity contribution in [2.24, 2.45) is 17.1 Å². The van der Waals surface area contributed by atoms with Crippen LogP contribution in [0.5, 0.6) is 0 Å². The summed E-state index contributed by atoms with van der Waals surface area (Å²) in [5.74, 6) is 0.410. The van der Waals surface area contributed by atoms with Gasteiger partial charge in [0.1, 0.15) is 0 Å². The minimum Gasteiger partial charge on any atom is -0.393 e. The Kier molecular flexibility index (Phi) is 3.22. The topological polar surface area (TPSA) is 66.6 Å². The highest BCUT2D eigenvalue weighted by Gasteiger charge is 2.46. The fraction of sp³-hybridized carbons (Fsp3) is 0.917. The molecule has 92 valence electrons. The van der Waals surface area contributed by atoms with Gasteiger partial charge in [0.2, 0.25) is 5.91 Å². The highest BCUT2D eigenvalue weighted by atomic mass is 16.3. The minimum atomic E-state index is -0.262. The second-order valence-electron chi connectivity index (χ2n) is 5.42. The van der Waals surface area contributed by atoms with E-state index in [0.29, 0.717) is 26.1 Å². The second kappa shape index (κ2) is 4.34. The SMILES string of the molecule is CC1CN(C(=O)C2(CN)CCC2)CCC1O. The van der Waals surface area contributed by atoms with Gasteiger partial charge in [-0.3, -0.25) is 4.79 Å². The monoisotopic (exact) mass is 226 g/mol. The van der Waals surface area contributed by atoms with Crippen LogP contribution >= 0.6 is 0 Å². The molecule has 1 aliphatic heterocycles. The van der Waals surface area contributed by atoms with Crippen molar-refractivity contribution < 1.29 is 9.90 Å². The number of carbonyl (C=O) groups is 1. The van der Waals surface area contributed by atoms with Gasteiger partial charge in [-0.2, -0.15) is 0 Å². The van der Waals surface area contributed by atoms with Crippen molar-refractivity contribution in [3.8, 4) is 0 Å². The summed E-state index contributed by atoms with van der Waals surface area (Å²) in [5.41, 5.74) is 5.48. The molecule has 3 N–H and O–H groups in total. The van der Waals surface area contributed by atoms with Crippen LogP contribution in [0, 0.1) is 11.3 Å². The van der Waals surface area contributed by atoms with E-state index < -0.39 is 0 Å². The molecule has 4 heteroatoms. The number of nitrogens with two attached hydrogens (primary N) is 1. The van der Waals surface area contributed by atoms with E-state index in [1.54, 1.807) is 0 Å². The summed E-state index contributed by atoms with van der Waals surface area (Å²) in [4.78, 5) is 14.3. The number of aliphatic hydroxyl groups is 1. The zero-order valence-corrected chi connectivity index (χ0v) is 9.98. The minimum absolute atomic E-state index is 0.188. The molecule has 0 spiro atoms. The lowest BCUT2D eigenvalue weighted by atomic mass is 9.67. The molecule has 16 heavy (non-hydrogen) atoms. The molecule has 2 aliphatic rings. The standard InChI is InChI=1S/C12H22N2O2/c1-9-7-14(6-3-10(9)15)11(16)12(8-13)4-2-5-12/h9-10,15H,2-8,13H2,1H3. The van der Waals surface area contributed by atoms with Crippen LogP contribution in [0.25, 0.3) is 0 Å². The Morgan fingerprint density at radius 2 is 2.25 bits per heavy atom. The van der Waals surface area contributed by atoms with Gasteiger partial charge >= 0.3 is 0 Å². The number of rotatable bonds is 2. The van der Waals surface area contributed by atoms with E-state index in [2.05, 4.69) is 0 Å². The first kappa shape index (κ1) is 11.9. The van der Waals surface area contributed by atoms with Crippen molar-refractivity contribution in [3.63, 3.8) is 0 Å². The summed E-state index contributed by atoms with van der Waals surface area (Å²) >= 11 is 0. The van der Waals surface area contributed by atoms with Crippen molar-refractivity contribution in [2.45, 2.75) is 38.7 Å². The van der Waals surface area contributed by atoms with Crippen LogP contribution in [-0.2, 0) is 4.79 Å². The molecule has 0 aromatic heterocycles. The molecular weight excluding hydrogens is 204 g/mol. The van der Waals surface area contributed by atoms with E-state index in [1.807, 2.05) is 11.8 Å². The molecule has 0 aromatic carbocycles. The number of nitrogens with zero attached hydrogens (tertiary/aromatic N) is 1. The Labute approximate surface area is 96.8 Å². The van der Waals surface area contributed by atoms with Gasteiger partial charge in [0.05, 0.1) is 11.5 Å². The van der Waals surface area contributed by atoms with Crippen molar-refractivity contribution >= 4 is 5.91 Å². The van der Waals surface area contributed by atoms with Gasteiger partial charge in [0, 0.05) is 19.6 Å². The normalized spacial score (nSPS) is 33.3. The lowest BCUT2D eigenvalue weighted by molar-refractivity contribution is -0.150. The number of amides is 1. The maximum atomic E-state index is 12.3. The number of carbonyl (C=O) groups excluding carboxylic acids is 1. The Hall–Kier alpha value is -0.610. The van der Waals surface area contributed by atoms with Crippen LogP contribution in [0.15, 0.2) is 0 Å². The second-order valence-corrected chi connectivity index (χ2v) is 5.42. The summed E-state index contributed by atoms with van der Waals surface area (Å²) in [7, 11) is 0. The zero-order valence-electron chi connectivity index (χ0n) is 9.98. The number of hydrogen-bond acceptors (Lipinski definition) is 3. The van der Waals surface area contributed by atoms with E-state index in [0.717, 1.165) is 19.3 Å². The summed E-state index contributed by atoms with van der Waals surface area (Å²) < 4.78 is 0. The predicted octanol–water partition coefficient (Wildman–Crippen LogP) is 0.345. The van der Waals surface area contributed by atoms with Gasteiger partial charge in [0.15, 0.2) is 0 Å². The highest BCUT2D eigenvalue weighted by Crippen LogP contribution is 2.42. The largest absolute Gasteiger partial charge is 0.393 e. The lowest BCUT2D eigenvalue weighted by Gasteiger charge is -2.45. The molecule has 1 amide bonds. The molecule has 2 rings (SSSR count). The van der Waals surface area contributed by atoms with E-state index >= 15 is 0 Å². The van der Waals surface area contributed by atoms with Crippen LogP contribution in [-0.4, -0.2) is 41.7 Å². The summed E-state index contributed by atoms with van der Waals surface area (Å²) in [5, 5.41) is 9.65. The van der Waals surface area contributed by atoms with Gasteiger partial charge in [-0.15, -0.1) is 0 Å². The number of aliphatic hydroxyl groups excluding tert-OH is 1. The van der Waals surface area contributed by atoms with Crippen LogP contribution in [0.2, 0.25) is 0 Å². The molecule has 0 radical (unpaired) electrons. The molecule has 1 saturated carbocycles.